The van der Waals surface area contributed by atoms with Gasteiger partial charge in [0.25, 0.3) is 0 Å². The van der Waals surface area contributed by atoms with Crippen LogP contribution in [0.25, 0.3) is 0 Å². The van der Waals surface area contributed by atoms with E-state index in [0.717, 1.165) is 24.3 Å². The minimum absolute atomic E-state index is 0.747. The largest absolute Gasteiger partial charge is 0.317 e. The first kappa shape index (κ1) is 14.6. The van der Waals surface area contributed by atoms with E-state index in [0.29, 0.717) is 0 Å². The SMILES string of the molecule is CCNCC1CCCC1c1cccc(CC(C)C)c1. The first-order valence-corrected chi connectivity index (χ1v) is 8.00. The molecule has 1 heteroatoms. The molecule has 0 heterocycles. The third-order valence-electron chi connectivity index (χ3n) is 4.34. The van der Waals surface area contributed by atoms with Gasteiger partial charge >= 0.3 is 0 Å². The van der Waals surface area contributed by atoms with Gasteiger partial charge in [-0.1, -0.05) is 51.5 Å². The van der Waals surface area contributed by atoms with E-state index in [1.54, 1.807) is 5.56 Å². The fourth-order valence-electron chi connectivity index (χ4n) is 3.47. The molecule has 2 unspecified atom stereocenters. The Morgan fingerprint density at radius 1 is 1.26 bits per heavy atom. The van der Waals surface area contributed by atoms with Crippen molar-refractivity contribution in [1.29, 1.82) is 0 Å². The molecule has 1 aromatic rings. The van der Waals surface area contributed by atoms with Crippen molar-refractivity contribution >= 4 is 0 Å². The lowest BCUT2D eigenvalue weighted by Crippen LogP contribution is -2.24. The maximum absolute atomic E-state index is 3.54. The normalized spacial score (nSPS) is 23.2. The van der Waals surface area contributed by atoms with Crippen LogP contribution in [-0.2, 0) is 6.42 Å². The Morgan fingerprint density at radius 3 is 2.84 bits per heavy atom. The van der Waals surface area contributed by atoms with E-state index < -0.39 is 0 Å². The molecule has 2 atom stereocenters. The molecule has 2 rings (SSSR count). The van der Waals surface area contributed by atoms with Gasteiger partial charge in [-0.05, 0) is 61.2 Å². The van der Waals surface area contributed by atoms with E-state index in [2.05, 4.69) is 50.4 Å². The lowest BCUT2D eigenvalue weighted by molar-refractivity contribution is 0.450. The highest BCUT2D eigenvalue weighted by molar-refractivity contribution is 5.28. The first-order valence-electron chi connectivity index (χ1n) is 8.00. The van der Waals surface area contributed by atoms with Crippen molar-refractivity contribution in [3.63, 3.8) is 0 Å². The van der Waals surface area contributed by atoms with Gasteiger partial charge in [0, 0.05) is 0 Å². The zero-order valence-electron chi connectivity index (χ0n) is 12.8. The molecule has 0 bridgehead atoms. The van der Waals surface area contributed by atoms with E-state index >= 15 is 0 Å². The number of benzene rings is 1. The molecular weight excluding hydrogens is 230 g/mol. The molecule has 1 nitrogen and oxygen atoms in total. The Balaban J connectivity index is 2.07. The Labute approximate surface area is 118 Å². The maximum Gasteiger partial charge on any atom is -0.00148 e. The molecule has 0 aliphatic heterocycles. The topological polar surface area (TPSA) is 12.0 Å². The predicted molar refractivity (Wildman–Crippen MR) is 83.6 cm³/mol. The van der Waals surface area contributed by atoms with Crippen molar-refractivity contribution in [1.82, 2.24) is 5.32 Å². The van der Waals surface area contributed by atoms with Gasteiger partial charge in [-0.3, -0.25) is 0 Å². The highest BCUT2D eigenvalue weighted by Gasteiger charge is 2.28. The smallest absolute Gasteiger partial charge is 0.00148 e. The summed E-state index contributed by atoms with van der Waals surface area (Å²) in [4.78, 5) is 0. The van der Waals surface area contributed by atoms with Gasteiger partial charge in [0.15, 0.2) is 0 Å². The lowest BCUT2D eigenvalue weighted by atomic mass is 9.87. The van der Waals surface area contributed by atoms with Crippen molar-refractivity contribution in [2.75, 3.05) is 13.1 Å². The van der Waals surface area contributed by atoms with Crippen molar-refractivity contribution in [3.8, 4) is 0 Å². The molecule has 1 saturated carbocycles. The third-order valence-corrected chi connectivity index (χ3v) is 4.34. The van der Waals surface area contributed by atoms with E-state index in [9.17, 15) is 0 Å². The van der Waals surface area contributed by atoms with Crippen molar-refractivity contribution in [3.05, 3.63) is 35.4 Å². The molecule has 0 aromatic heterocycles. The van der Waals surface area contributed by atoms with Crippen LogP contribution in [0.3, 0.4) is 0 Å². The lowest BCUT2D eigenvalue weighted by Gasteiger charge is -2.21. The zero-order chi connectivity index (χ0) is 13.7. The maximum atomic E-state index is 3.54. The fourth-order valence-corrected chi connectivity index (χ4v) is 3.47. The van der Waals surface area contributed by atoms with Gasteiger partial charge in [0.05, 0.1) is 0 Å². The Kier molecular flexibility index (Phi) is 5.45. The van der Waals surface area contributed by atoms with Crippen LogP contribution >= 0.6 is 0 Å². The van der Waals surface area contributed by atoms with Gasteiger partial charge in [0.2, 0.25) is 0 Å². The van der Waals surface area contributed by atoms with Crippen LogP contribution in [0, 0.1) is 11.8 Å². The average Bonchev–Trinajstić information content (AvgIpc) is 2.84. The summed E-state index contributed by atoms with van der Waals surface area (Å²) >= 11 is 0. The molecule has 1 N–H and O–H groups in total. The fraction of sp³-hybridized carbons (Fsp3) is 0.667. The standard InChI is InChI=1S/C18H29N/c1-4-19-13-17-9-6-10-18(17)16-8-5-7-15(12-16)11-14(2)3/h5,7-8,12,14,17-19H,4,6,9-11,13H2,1-3H3. The highest BCUT2D eigenvalue weighted by atomic mass is 14.8. The summed E-state index contributed by atoms with van der Waals surface area (Å²) in [5.74, 6) is 2.37. The summed E-state index contributed by atoms with van der Waals surface area (Å²) < 4.78 is 0. The minimum atomic E-state index is 0.747. The molecule has 106 valence electrons. The van der Waals surface area contributed by atoms with Gasteiger partial charge in [-0.25, -0.2) is 0 Å². The van der Waals surface area contributed by atoms with Gasteiger partial charge < -0.3 is 5.32 Å². The predicted octanol–water partition coefficient (Wildman–Crippen LogP) is 4.38. The van der Waals surface area contributed by atoms with Crippen molar-refractivity contribution in [2.24, 2.45) is 11.8 Å². The van der Waals surface area contributed by atoms with Crippen LogP contribution in [-0.4, -0.2) is 13.1 Å². The summed E-state index contributed by atoms with van der Waals surface area (Å²) in [6.45, 7) is 9.09. The van der Waals surface area contributed by atoms with Crippen LogP contribution < -0.4 is 5.32 Å². The summed E-state index contributed by atoms with van der Waals surface area (Å²) in [7, 11) is 0. The molecule has 1 fully saturated rings. The highest BCUT2D eigenvalue weighted by Crippen LogP contribution is 2.39. The van der Waals surface area contributed by atoms with Gasteiger partial charge in [-0.15, -0.1) is 0 Å². The second-order valence-corrected chi connectivity index (χ2v) is 6.45. The van der Waals surface area contributed by atoms with Crippen LogP contribution in [0.1, 0.15) is 57.1 Å². The molecule has 19 heavy (non-hydrogen) atoms. The molecule has 0 radical (unpaired) electrons. The van der Waals surface area contributed by atoms with Gasteiger partial charge in [0.1, 0.15) is 0 Å². The zero-order valence-corrected chi connectivity index (χ0v) is 12.8. The Hall–Kier alpha value is -0.820. The molecular formula is C18H29N. The van der Waals surface area contributed by atoms with E-state index in [4.69, 9.17) is 0 Å². The monoisotopic (exact) mass is 259 g/mol. The van der Waals surface area contributed by atoms with Crippen LogP contribution in [0.5, 0.6) is 0 Å². The second-order valence-electron chi connectivity index (χ2n) is 6.45. The van der Waals surface area contributed by atoms with E-state index in [-0.39, 0.29) is 0 Å². The summed E-state index contributed by atoms with van der Waals surface area (Å²) in [6.07, 6.45) is 5.38. The van der Waals surface area contributed by atoms with Gasteiger partial charge in [-0.2, -0.15) is 0 Å². The quantitative estimate of drug-likeness (QED) is 0.799. The van der Waals surface area contributed by atoms with Crippen LogP contribution in [0.15, 0.2) is 24.3 Å². The summed E-state index contributed by atoms with van der Waals surface area (Å²) in [5.41, 5.74) is 3.10. The second kappa shape index (κ2) is 7.09. The van der Waals surface area contributed by atoms with Crippen molar-refractivity contribution in [2.45, 2.75) is 52.4 Å². The molecule has 0 saturated heterocycles. The molecule has 1 aliphatic carbocycles. The molecule has 0 amide bonds. The van der Waals surface area contributed by atoms with E-state index in [1.807, 2.05) is 0 Å². The Bertz CT molecular complexity index is 383. The summed E-state index contributed by atoms with van der Waals surface area (Å²) in [5, 5.41) is 3.54. The van der Waals surface area contributed by atoms with Crippen LogP contribution in [0.2, 0.25) is 0 Å². The molecule has 1 aromatic carbocycles. The summed E-state index contributed by atoms with van der Waals surface area (Å²) in [6, 6.07) is 9.36. The van der Waals surface area contributed by atoms with Crippen LogP contribution in [0.4, 0.5) is 0 Å². The number of hydrogen-bond acceptors (Lipinski definition) is 1. The average molecular weight is 259 g/mol. The minimum Gasteiger partial charge on any atom is -0.317 e. The van der Waals surface area contributed by atoms with E-state index in [1.165, 1.54) is 37.8 Å². The first-order chi connectivity index (χ1) is 9.20. The number of rotatable bonds is 6. The number of nitrogens with one attached hydrogen (secondary N) is 1. The molecule has 1 aliphatic rings. The van der Waals surface area contributed by atoms with Crippen molar-refractivity contribution < 1.29 is 0 Å². The Morgan fingerprint density at radius 2 is 2.11 bits per heavy atom. The third kappa shape index (κ3) is 4.07. The molecule has 0 spiro atoms. The number of hydrogen-bond donors (Lipinski definition) is 1.